The van der Waals surface area contributed by atoms with Crippen LogP contribution in [0.25, 0.3) is 16.7 Å². The Bertz CT molecular complexity index is 1610. The number of hydrogen-bond donors (Lipinski definition) is 1. The number of nitrogens with zero attached hydrogens (tertiary/aromatic N) is 3. The first-order chi connectivity index (χ1) is 17.1. The molecule has 2 heterocycles. The number of hydrogen-bond acceptors (Lipinski definition) is 6. The number of carbonyl (C=O) groups excluding carboxylic acids is 2. The van der Waals surface area contributed by atoms with Gasteiger partial charge < -0.3 is 10.1 Å². The number of ether oxygens (including phenoxy) is 1. The summed E-state index contributed by atoms with van der Waals surface area (Å²) in [5.74, 6) is -1.30. The van der Waals surface area contributed by atoms with Crippen molar-refractivity contribution in [3.63, 3.8) is 0 Å². The summed E-state index contributed by atoms with van der Waals surface area (Å²) in [4.78, 5) is 57.2. The first-order valence-electron chi connectivity index (χ1n) is 11.3. The molecule has 0 bridgehead atoms. The van der Waals surface area contributed by atoms with Gasteiger partial charge in [-0.05, 0) is 57.0 Å². The van der Waals surface area contributed by atoms with Gasteiger partial charge in [-0.2, -0.15) is 0 Å². The molecule has 184 valence electrons. The summed E-state index contributed by atoms with van der Waals surface area (Å²) in [5, 5.41) is 2.71. The molecule has 0 unspecified atom stereocenters. The highest BCUT2D eigenvalue weighted by Crippen LogP contribution is 2.22. The van der Waals surface area contributed by atoms with E-state index in [1.165, 1.54) is 17.7 Å². The monoisotopic (exact) mass is 486 g/mol. The van der Waals surface area contributed by atoms with Gasteiger partial charge in [0.05, 0.1) is 23.7 Å². The van der Waals surface area contributed by atoms with Crippen molar-refractivity contribution < 1.29 is 14.3 Å². The van der Waals surface area contributed by atoms with Crippen molar-refractivity contribution in [3.05, 3.63) is 97.3 Å². The van der Waals surface area contributed by atoms with E-state index in [2.05, 4.69) is 10.3 Å². The van der Waals surface area contributed by atoms with Gasteiger partial charge >= 0.3 is 11.7 Å². The van der Waals surface area contributed by atoms with Crippen molar-refractivity contribution in [2.75, 3.05) is 12.4 Å². The number of carbonyl (C=O) groups is 2. The molecule has 0 spiro atoms. The molecule has 1 amide bonds. The lowest BCUT2D eigenvalue weighted by atomic mass is 10.1. The zero-order chi connectivity index (χ0) is 26.1. The van der Waals surface area contributed by atoms with Crippen molar-refractivity contribution >= 4 is 28.6 Å². The van der Waals surface area contributed by atoms with E-state index in [0.717, 1.165) is 21.3 Å². The number of methoxy groups -OCH3 is 1. The topological polar surface area (TPSA) is 112 Å². The Morgan fingerprint density at radius 3 is 2.22 bits per heavy atom. The zero-order valence-electron chi connectivity index (χ0n) is 20.7. The number of fused-ring (bicyclic) bond motifs is 1. The maximum absolute atomic E-state index is 13.6. The van der Waals surface area contributed by atoms with E-state index in [0.29, 0.717) is 17.1 Å². The smallest absolute Gasteiger partial charge is 0.338 e. The molecule has 2 aromatic carbocycles. The fourth-order valence-electron chi connectivity index (χ4n) is 4.38. The maximum Gasteiger partial charge on any atom is 0.338 e. The summed E-state index contributed by atoms with van der Waals surface area (Å²) >= 11 is 0. The summed E-state index contributed by atoms with van der Waals surface area (Å²) in [6.07, 6.45) is 0. The number of para-hydroxylation sites is 1. The first-order valence-corrected chi connectivity index (χ1v) is 11.3. The van der Waals surface area contributed by atoms with E-state index in [1.807, 2.05) is 32.9 Å². The fraction of sp³-hybridized carbons (Fsp3) is 0.222. The standard InChI is InChI=1S/C27H26N4O5/c1-15-11-16(2)23(17(3)12-15)29-21(32)14-30-25(33)22-20(26(34)36-5)13-18(4)28-24(22)31(27(30)35)19-9-7-6-8-10-19/h6-13H,14H2,1-5H3,(H,29,32). The van der Waals surface area contributed by atoms with Gasteiger partial charge in [-0.1, -0.05) is 35.9 Å². The molecule has 4 aromatic rings. The third-order valence-electron chi connectivity index (χ3n) is 5.88. The van der Waals surface area contributed by atoms with Crippen LogP contribution in [0.1, 0.15) is 32.7 Å². The molecule has 2 aromatic heterocycles. The number of pyridine rings is 1. The SMILES string of the molecule is COC(=O)c1cc(C)nc2c1c(=O)n(CC(=O)Nc1c(C)cc(C)cc1C)c(=O)n2-c1ccccc1. The predicted molar refractivity (Wildman–Crippen MR) is 137 cm³/mol. The van der Waals surface area contributed by atoms with E-state index in [4.69, 9.17) is 4.74 Å². The number of aromatic nitrogens is 3. The minimum atomic E-state index is -0.803. The molecule has 0 saturated carbocycles. The van der Waals surface area contributed by atoms with Crippen LogP contribution < -0.4 is 16.6 Å². The second kappa shape index (κ2) is 9.61. The number of nitrogens with one attached hydrogen (secondary N) is 1. The highest BCUT2D eigenvalue weighted by molar-refractivity contribution is 6.02. The summed E-state index contributed by atoms with van der Waals surface area (Å²) in [6.45, 7) is 6.80. The Morgan fingerprint density at radius 2 is 1.61 bits per heavy atom. The van der Waals surface area contributed by atoms with Gasteiger partial charge in [0.2, 0.25) is 5.91 Å². The average molecular weight is 487 g/mol. The lowest BCUT2D eigenvalue weighted by Gasteiger charge is -2.16. The molecule has 4 rings (SSSR count). The van der Waals surface area contributed by atoms with Crippen LogP contribution in [-0.4, -0.2) is 33.1 Å². The average Bonchev–Trinajstić information content (AvgIpc) is 2.83. The lowest BCUT2D eigenvalue weighted by molar-refractivity contribution is -0.116. The minimum Gasteiger partial charge on any atom is -0.465 e. The molecule has 9 nitrogen and oxygen atoms in total. The molecule has 0 radical (unpaired) electrons. The van der Waals surface area contributed by atoms with Crippen molar-refractivity contribution in [1.29, 1.82) is 0 Å². The number of anilines is 1. The van der Waals surface area contributed by atoms with Gasteiger partial charge in [0, 0.05) is 11.4 Å². The van der Waals surface area contributed by atoms with E-state index in [-0.39, 0.29) is 16.6 Å². The number of benzene rings is 2. The molecule has 1 N–H and O–H groups in total. The van der Waals surface area contributed by atoms with Crippen LogP contribution in [-0.2, 0) is 16.1 Å². The molecular formula is C27H26N4O5. The quantitative estimate of drug-likeness (QED) is 0.434. The van der Waals surface area contributed by atoms with Crippen LogP contribution in [0.2, 0.25) is 0 Å². The molecule has 0 atom stereocenters. The maximum atomic E-state index is 13.6. The highest BCUT2D eigenvalue weighted by Gasteiger charge is 2.24. The summed E-state index contributed by atoms with van der Waals surface area (Å²) in [6, 6.07) is 13.9. The fourth-order valence-corrected chi connectivity index (χ4v) is 4.38. The summed E-state index contributed by atoms with van der Waals surface area (Å²) in [5.41, 5.74) is 2.68. The molecular weight excluding hydrogens is 460 g/mol. The van der Waals surface area contributed by atoms with Gasteiger partial charge in [-0.3, -0.25) is 9.59 Å². The third-order valence-corrected chi connectivity index (χ3v) is 5.88. The normalized spacial score (nSPS) is 10.9. The Kier molecular flexibility index (Phi) is 6.57. The van der Waals surface area contributed by atoms with Gasteiger partial charge in [0.15, 0.2) is 5.65 Å². The van der Waals surface area contributed by atoms with Crippen LogP contribution in [0.4, 0.5) is 5.69 Å². The van der Waals surface area contributed by atoms with Crippen molar-refractivity contribution in [2.45, 2.75) is 34.2 Å². The van der Waals surface area contributed by atoms with Gasteiger partial charge in [0.25, 0.3) is 5.56 Å². The van der Waals surface area contributed by atoms with Gasteiger partial charge in [-0.25, -0.2) is 23.7 Å². The van der Waals surface area contributed by atoms with Crippen LogP contribution >= 0.6 is 0 Å². The van der Waals surface area contributed by atoms with E-state index in [9.17, 15) is 19.2 Å². The summed E-state index contributed by atoms with van der Waals surface area (Å²) in [7, 11) is 1.20. The third kappa shape index (κ3) is 4.43. The van der Waals surface area contributed by atoms with Crippen LogP contribution in [0, 0.1) is 27.7 Å². The molecule has 0 saturated heterocycles. The Balaban J connectivity index is 1.95. The second-order valence-electron chi connectivity index (χ2n) is 8.67. The Hall–Kier alpha value is -4.53. The molecule has 0 fully saturated rings. The molecule has 9 heteroatoms. The van der Waals surface area contributed by atoms with Gasteiger partial charge in [-0.15, -0.1) is 0 Å². The number of esters is 1. The van der Waals surface area contributed by atoms with Gasteiger partial charge in [0.1, 0.15) is 6.54 Å². The first kappa shape index (κ1) is 24.6. The largest absolute Gasteiger partial charge is 0.465 e. The van der Waals surface area contributed by atoms with E-state index >= 15 is 0 Å². The number of aryl methyl sites for hydroxylation is 4. The zero-order valence-corrected chi connectivity index (χ0v) is 20.7. The molecule has 36 heavy (non-hydrogen) atoms. The van der Waals surface area contributed by atoms with Crippen LogP contribution in [0.15, 0.2) is 58.1 Å². The molecule has 0 aliphatic carbocycles. The van der Waals surface area contributed by atoms with Crippen molar-refractivity contribution in [1.82, 2.24) is 14.1 Å². The van der Waals surface area contributed by atoms with Crippen LogP contribution in [0.5, 0.6) is 0 Å². The van der Waals surface area contributed by atoms with E-state index in [1.54, 1.807) is 37.3 Å². The van der Waals surface area contributed by atoms with Crippen LogP contribution in [0.3, 0.4) is 0 Å². The number of amides is 1. The highest BCUT2D eigenvalue weighted by atomic mass is 16.5. The minimum absolute atomic E-state index is 0.0125. The summed E-state index contributed by atoms with van der Waals surface area (Å²) < 4.78 is 6.93. The Labute approximate surface area is 207 Å². The predicted octanol–water partition coefficient (Wildman–Crippen LogP) is 3.21. The molecule has 0 aliphatic rings. The molecule has 0 aliphatic heterocycles. The van der Waals surface area contributed by atoms with Crippen molar-refractivity contribution in [2.24, 2.45) is 0 Å². The Morgan fingerprint density at radius 1 is 0.972 bits per heavy atom. The van der Waals surface area contributed by atoms with Crippen molar-refractivity contribution in [3.8, 4) is 5.69 Å². The number of rotatable bonds is 5. The lowest BCUT2D eigenvalue weighted by Crippen LogP contribution is -2.43. The second-order valence-corrected chi connectivity index (χ2v) is 8.67. The van der Waals surface area contributed by atoms with E-state index < -0.39 is 29.7 Å².